The van der Waals surface area contributed by atoms with Gasteiger partial charge in [-0.05, 0) is 30.0 Å². The van der Waals surface area contributed by atoms with E-state index in [1.165, 1.54) is 23.5 Å². The van der Waals surface area contributed by atoms with Gasteiger partial charge in [0.15, 0.2) is 5.70 Å². The fourth-order valence-electron chi connectivity index (χ4n) is 1.99. The number of rotatable bonds is 3. The number of esters is 1. The summed E-state index contributed by atoms with van der Waals surface area (Å²) in [7, 11) is 0. The zero-order valence-electron chi connectivity index (χ0n) is 11.5. The second-order valence-corrected chi connectivity index (χ2v) is 5.56. The Balaban J connectivity index is 1.97. The summed E-state index contributed by atoms with van der Waals surface area (Å²) in [5, 5.41) is 12.8. The molecule has 1 aromatic carbocycles. The number of nitro benzene ring substituents is 1. The summed E-state index contributed by atoms with van der Waals surface area (Å²) in [6.07, 6.45) is 1.48. The number of aliphatic imine (C=N–C) groups is 1. The van der Waals surface area contributed by atoms with Gasteiger partial charge in [0.05, 0.1) is 9.80 Å². The number of ether oxygens (including phenoxy) is 1. The highest BCUT2D eigenvalue weighted by Gasteiger charge is 2.25. The molecule has 0 saturated heterocycles. The molecular weight excluding hydrogens is 304 g/mol. The quantitative estimate of drug-likeness (QED) is 0.377. The number of cyclic esters (lactones) is 1. The van der Waals surface area contributed by atoms with Crippen LogP contribution in [0.1, 0.15) is 16.0 Å². The van der Waals surface area contributed by atoms with Crippen LogP contribution >= 0.6 is 11.3 Å². The van der Waals surface area contributed by atoms with Crippen molar-refractivity contribution in [2.45, 2.75) is 6.92 Å². The van der Waals surface area contributed by atoms with Crippen molar-refractivity contribution in [3.8, 4) is 0 Å². The van der Waals surface area contributed by atoms with E-state index in [2.05, 4.69) is 4.99 Å². The van der Waals surface area contributed by atoms with Crippen molar-refractivity contribution in [1.82, 2.24) is 0 Å². The lowest BCUT2D eigenvalue weighted by atomic mass is 10.1. The Morgan fingerprint density at radius 2 is 2.18 bits per heavy atom. The Bertz CT molecular complexity index is 822. The van der Waals surface area contributed by atoms with Crippen LogP contribution in [0.25, 0.3) is 6.08 Å². The third-order valence-electron chi connectivity index (χ3n) is 3.09. The maximum atomic E-state index is 11.8. The molecule has 0 N–H and O–H groups in total. The normalized spacial score (nSPS) is 15.8. The Morgan fingerprint density at radius 1 is 1.36 bits per heavy atom. The number of carbonyl (C=O) groups excluding carboxylic acids is 1. The highest BCUT2D eigenvalue weighted by atomic mass is 32.1. The number of nitro groups is 1. The number of hydrogen-bond acceptors (Lipinski definition) is 6. The van der Waals surface area contributed by atoms with Crippen molar-refractivity contribution in [2.24, 2.45) is 4.99 Å². The standard InChI is InChI=1S/C15H10N2O4S/c1-9-4-5-10(8-12(9)17(19)20)7-11-15(18)21-14(16-11)13-3-2-6-22-13/h2-8H,1H3/b11-7-. The highest BCUT2D eigenvalue weighted by Crippen LogP contribution is 2.24. The van der Waals surface area contributed by atoms with E-state index in [9.17, 15) is 14.9 Å². The number of benzene rings is 1. The molecule has 110 valence electrons. The molecule has 0 saturated carbocycles. The van der Waals surface area contributed by atoms with Gasteiger partial charge in [-0.3, -0.25) is 10.1 Å². The second-order valence-electron chi connectivity index (χ2n) is 4.62. The summed E-state index contributed by atoms with van der Waals surface area (Å²) in [6, 6.07) is 8.38. The van der Waals surface area contributed by atoms with Crippen molar-refractivity contribution in [3.63, 3.8) is 0 Å². The van der Waals surface area contributed by atoms with Crippen LogP contribution < -0.4 is 0 Å². The molecule has 0 spiro atoms. The first-order chi connectivity index (χ1) is 10.5. The van der Waals surface area contributed by atoms with Crippen molar-refractivity contribution in [3.05, 3.63) is 67.5 Å². The summed E-state index contributed by atoms with van der Waals surface area (Å²) in [5.74, 6) is -0.306. The molecule has 1 aromatic heterocycles. The van der Waals surface area contributed by atoms with Crippen LogP contribution in [-0.4, -0.2) is 16.8 Å². The SMILES string of the molecule is Cc1ccc(/C=C2\N=C(c3cccs3)OC2=O)cc1[N+](=O)[O-]. The Labute approximate surface area is 129 Å². The van der Waals surface area contributed by atoms with Crippen LogP contribution in [0.5, 0.6) is 0 Å². The number of thiophene rings is 1. The number of nitrogens with zero attached hydrogens (tertiary/aromatic N) is 2. The lowest BCUT2D eigenvalue weighted by molar-refractivity contribution is -0.385. The molecule has 1 aliphatic heterocycles. The van der Waals surface area contributed by atoms with E-state index >= 15 is 0 Å². The zero-order valence-corrected chi connectivity index (χ0v) is 12.3. The number of carbonyl (C=O) groups is 1. The van der Waals surface area contributed by atoms with Gasteiger partial charge in [-0.25, -0.2) is 9.79 Å². The monoisotopic (exact) mass is 314 g/mol. The lowest BCUT2D eigenvalue weighted by Crippen LogP contribution is -2.03. The van der Waals surface area contributed by atoms with E-state index in [0.29, 0.717) is 11.1 Å². The Kier molecular flexibility index (Phi) is 3.56. The molecule has 7 heteroatoms. The minimum Gasteiger partial charge on any atom is -0.401 e. The van der Waals surface area contributed by atoms with E-state index in [-0.39, 0.29) is 17.3 Å². The second kappa shape index (κ2) is 5.53. The number of hydrogen-bond donors (Lipinski definition) is 0. The average Bonchev–Trinajstić information content (AvgIpc) is 3.11. The van der Waals surface area contributed by atoms with Gasteiger partial charge >= 0.3 is 5.97 Å². The Hall–Kier alpha value is -2.80. The van der Waals surface area contributed by atoms with Crippen LogP contribution in [0.2, 0.25) is 0 Å². The minimum atomic E-state index is -0.563. The van der Waals surface area contributed by atoms with Gasteiger partial charge in [-0.1, -0.05) is 18.2 Å². The Morgan fingerprint density at radius 3 is 2.86 bits per heavy atom. The van der Waals surface area contributed by atoms with Crippen molar-refractivity contribution in [1.29, 1.82) is 0 Å². The van der Waals surface area contributed by atoms with Crippen molar-refractivity contribution in [2.75, 3.05) is 0 Å². The number of aryl methyl sites for hydroxylation is 1. The topological polar surface area (TPSA) is 81.8 Å². The van der Waals surface area contributed by atoms with E-state index < -0.39 is 10.9 Å². The van der Waals surface area contributed by atoms with Crippen LogP contribution in [0, 0.1) is 17.0 Å². The first-order valence-corrected chi connectivity index (χ1v) is 7.24. The van der Waals surface area contributed by atoms with E-state index in [4.69, 9.17) is 4.74 Å². The minimum absolute atomic E-state index is 0.00294. The van der Waals surface area contributed by atoms with Crippen molar-refractivity contribution >= 4 is 35.0 Å². The van der Waals surface area contributed by atoms with Gasteiger partial charge < -0.3 is 4.74 Å². The first-order valence-electron chi connectivity index (χ1n) is 6.36. The van der Waals surface area contributed by atoms with Crippen LogP contribution in [-0.2, 0) is 9.53 Å². The fourth-order valence-corrected chi connectivity index (χ4v) is 2.63. The fraction of sp³-hybridized carbons (Fsp3) is 0.0667. The van der Waals surface area contributed by atoms with Gasteiger partial charge in [0.1, 0.15) is 0 Å². The molecule has 0 radical (unpaired) electrons. The van der Waals surface area contributed by atoms with Crippen LogP contribution in [0.4, 0.5) is 5.69 Å². The largest absolute Gasteiger partial charge is 0.401 e. The molecule has 0 unspecified atom stereocenters. The van der Waals surface area contributed by atoms with Gasteiger partial charge in [-0.2, -0.15) is 0 Å². The first kappa shape index (κ1) is 14.2. The maximum Gasteiger partial charge on any atom is 0.363 e. The summed E-state index contributed by atoms with van der Waals surface area (Å²) < 4.78 is 5.11. The van der Waals surface area contributed by atoms with Gasteiger partial charge in [0.25, 0.3) is 5.69 Å². The molecule has 22 heavy (non-hydrogen) atoms. The molecular formula is C15H10N2O4S. The molecule has 3 rings (SSSR count). The van der Waals surface area contributed by atoms with Gasteiger partial charge in [0.2, 0.25) is 5.90 Å². The van der Waals surface area contributed by atoms with Crippen molar-refractivity contribution < 1.29 is 14.5 Å². The van der Waals surface area contributed by atoms with Gasteiger partial charge in [-0.15, -0.1) is 11.3 Å². The molecule has 6 nitrogen and oxygen atoms in total. The molecule has 2 heterocycles. The third-order valence-corrected chi connectivity index (χ3v) is 3.94. The predicted octanol–water partition coefficient (Wildman–Crippen LogP) is 3.31. The summed E-state index contributed by atoms with van der Waals surface area (Å²) in [6.45, 7) is 1.66. The summed E-state index contributed by atoms with van der Waals surface area (Å²) in [4.78, 5) is 27.2. The molecule has 0 bridgehead atoms. The predicted molar refractivity (Wildman–Crippen MR) is 82.8 cm³/mol. The smallest absolute Gasteiger partial charge is 0.363 e. The zero-order chi connectivity index (χ0) is 15.7. The molecule has 0 amide bonds. The van der Waals surface area contributed by atoms with Crippen LogP contribution in [0.15, 0.2) is 46.4 Å². The van der Waals surface area contributed by atoms with E-state index in [0.717, 1.165) is 4.88 Å². The summed E-state index contributed by atoms with van der Waals surface area (Å²) in [5.41, 5.74) is 1.22. The van der Waals surface area contributed by atoms with Gasteiger partial charge in [0, 0.05) is 11.6 Å². The molecule has 1 aliphatic rings. The molecule has 0 fully saturated rings. The maximum absolute atomic E-state index is 11.8. The molecule has 0 aliphatic carbocycles. The third kappa shape index (κ3) is 2.66. The lowest BCUT2D eigenvalue weighted by Gasteiger charge is -1.98. The summed E-state index contributed by atoms with van der Waals surface area (Å²) >= 11 is 1.41. The average molecular weight is 314 g/mol. The molecule has 2 aromatic rings. The van der Waals surface area contributed by atoms with Crippen LogP contribution in [0.3, 0.4) is 0 Å². The molecule has 0 atom stereocenters. The van der Waals surface area contributed by atoms with E-state index in [1.807, 2.05) is 11.4 Å². The highest BCUT2D eigenvalue weighted by molar-refractivity contribution is 7.12. The van der Waals surface area contributed by atoms with E-state index in [1.54, 1.807) is 25.1 Å².